The highest BCUT2D eigenvalue weighted by Gasteiger charge is 2.15. The van der Waals surface area contributed by atoms with Gasteiger partial charge in [-0.15, -0.1) is 0 Å². The van der Waals surface area contributed by atoms with Gasteiger partial charge in [0.1, 0.15) is 5.82 Å². The molecule has 0 spiro atoms. The maximum atomic E-state index is 13.6. The van der Waals surface area contributed by atoms with Crippen LogP contribution in [0.5, 0.6) is 0 Å². The van der Waals surface area contributed by atoms with Gasteiger partial charge in [-0.3, -0.25) is 0 Å². The molecular formula is C14H17FN2O. The average Bonchev–Trinajstić information content (AvgIpc) is 2.63. The van der Waals surface area contributed by atoms with Crippen LogP contribution in [0.1, 0.15) is 35.5 Å². The molecule has 2 rings (SSSR count). The summed E-state index contributed by atoms with van der Waals surface area (Å²) in [5, 5.41) is 9.78. The highest BCUT2D eigenvalue weighted by molar-refractivity contribution is 5.47. The standard InChI is InChI=1S/C14H17FN2O/c1-8-5-14(12(11(4)18)6-13(8)15)17-7-16-9(2)10(17)3/h5-7,11,18H,1-4H3/t11-/m1/s1. The summed E-state index contributed by atoms with van der Waals surface area (Å²) >= 11 is 0. The van der Waals surface area contributed by atoms with Crippen LogP contribution < -0.4 is 0 Å². The number of halogens is 1. The fraction of sp³-hybridized carbons (Fsp3) is 0.357. The van der Waals surface area contributed by atoms with Crippen molar-refractivity contribution in [3.05, 3.63) is 46.8 Å². The quantitative estimate of drug-likeness (QED) is 0.887. The summed E-state index contributed by atoms with van der Waals surface area (Å²) in [5.74, 6) is -0.302. The van der Waals surface area contributed by atoms with Crippen LogP contribution in [0, 0.1) is 26.6 Å². The van der Waals surface area contributed by atoms with Crippen molar-refractivity contribution in [2.45, 2.75) is 33.8 Å². The van der Waals surface area contributed by atoms with Gasteiger partial charge in [-0.1, -0.05) is 0 Å². The Labute approximate surface area is 106 Å². The van der Waals surface area contributed by atoms with Crippen LogP contribution in [0.25, 0.3) is 5.69 Å². The maximum Gasteiger partial charge on any atom is 0.126 e. The number of benzene rings is 1. The number of aryl methyl sites for hydroxylation is 2. The molecule has 1 atom stereocenters. The number of aromatic nitrogens is 2. The van der Waals surface area contributed by atoms with E-state index in [-0.39, 0.29) is 5.82 Å². The SMILES string of the molecule is Cc1cc(-n2cnc(C)c2C)c([C@@H](C)O)cc1F. The minimum Gasteiger partial charge on any atom is -0.389 e. The molecule has 0 saturated carbocycles. The molecule has 0 aliphatic heterocycles. The van der Waals surface area contributed by atoms with Crippen LogP contribution in [0.2, 0.25) is 0 Å². The summed E-state index contributed by atoms with van der Waals surface area (Å²) in [6.45, 7) is 7.22. The third kappa shape index (κ3) is 2.04. The number of imidazole rings is 1. The topological polar surface area (TPSA) is 38.0 Å². The van der Waals surface area contributed by atoms with Gasteiger partial charge in [0, 0.05) is 11.3 Å². The monoisotopic (exact) mass is 248 g/mol. The second kappa shape index (κ2) is 4.53. The fourth-order valence-electron chi connectivity index (χ4n) is 1.97. The van der Waals surface area contributed by atoms with E-state index in [1.165, 1.54) is 6.07 Å². The van der Waals surface area contributed by atoms with E-state index in [0.717, 1.165) is 17.1 Å². The highest BCUT2D eigenvalue weighted by atomic mass is 19.1. The smallest absolute Gasteiger partial charge is 0.126 e. The van der Waals surface area contributed by atoms with E-state index in [2.05, 4.69) is 4.98 Å². The van der Waals surface area contributed by atoms with Crippen molar-refractivity contribution in [2.75, 3.05) is 0 Å². The van der Waals surface area contributed by atoms with Gasteiger partial charge in [-0.25, -0.2) is 9.37 Å². The zero-order valence-corrected chi connectivity index (χ0v) is 11.0. The van der Waals surface area contributed by atoms with Gasteiger partial charge in [0.15, 0.2) is 0 Å². The Morgan fingerprint density at radius 1 is 1.28 bits per heavy atom. The first-order chi connectivity index (χ1) is 8.41. The van der Waals surface area contributed by atoms with Crippen LogP contribution >= 0.6 is 0 Å². The van der Waals surface area contributed by atoms with Gasteiger partial charge >= 0.3 is 0 Å². The number of aliphatic hydroxyl groups excluding tert-OH is 1. The van der Waals surface area contributed by atoms with E-state index in [0.29, 0.717) is 11.1 Å². The van der Waals surface area contributed by atoms with Gasteiger partial charge < -0.3 is 9.67 Å². The molecular weight excluding hydrogens is 231 g/mol. The Balaban J connectivity index is 2.70. The summed E-state index contributed by atoms with van der Waals surface area (Å²) < 4.78 is 15.5. The second-order valence-corrected chi connectivity index (χ2v) is 4.62. The minimum atomic E-state index is -0.725. The Morgan fingerprint density at radius 2 is 1.94 bits per heavy atom. The first kappa shape index (κ1) is 12.8. The zero-order chi connectivity index (χ0) is 13.4. The summed E-state index contributed by atoms with van der Waals surface area (Å²) in [4.78, 5) is 4.23. The van der Waals surface area contributed by atoms with E-state index in [4.69, 9.17) is 0 Å². The van der Waals surface area contributed by atoms with Crippen molar-refractivity contribution < 1.29 is 9.50 Å². The number of rotatable bonds is 2. The van der Waals surface area contributed by atoms with Crippen molar-refractivity contribution in [3.63, 3.8) is 0 Å². The molecule has 0 aliphatic carbocycles. The maximum absolute atomic E-state index is 13.6. The molecule has 2 aromatic rings. The number of hydrogen-bond acceptors (Lipinski definition) is 2. The Bertz CT molecular complexity index is 588. The Morgan fingerprint density at radius 3 is 2.44 bits per heavy atom. The third-order valence-corrected chi connectivity index (χ3v) is 3.27. The first-order valence-electron chi connectivity index (χ1n) is 5.91. The molecule has 0 fully saturated rings. The van der Waals surface area contributed by atoms with Crippen LogP contribution in [-0.4, -0.2) is 14.7 Å². The fourth-order valence-corrected chi connectivity index (χ4v) is 1.97. The number of hydrogen-bond donors (Lipinski definition) is 1. The summed E-state index contributed by atoms with van der Waals surface area (Å²) in [6.07, 6.45) is 0.973. The highest BCUT2D eigenvalue weighted by Crippen LogP contribution is 2.26. The second-order valence-electron chi connectivity index (χ2n) is 4.62. The van der Waals surface area contributed by atoms with Gasteiger partial charge in [0.25, 0.3) is 0 Å². The molecule has 18 heavy (non-hydrogen) atoms. The van der Waals surface area contributed by atoms with Crippen molar-refractivity contribution in [3.8, 4) is 5.69 Å². The van der Waals surface area contributed by atoms with Crippen LogP contribution in [-0.2, 0) is 0 Å². The van der Waals surface area contributed by atoms with Gasteiger partial charge in [0.05, 0.1) is 23.8 Å². The molecule has 1 N–H and O–H groups in total. The molecule has 1 aromatic heterocycles. The van der Waals surface area contributed by atoms with Crippen LogP contribution in [0.4, 0.5) is 4.39 Å². The molecule has 0 bridgehead atoms. The largest absolute Gasteiger partial charge is 0.389 e. The summed E-state index contributed by atoms with van der Waals surface area (Å²) in [6, 6.07) is 3.13. The summed E-state index contributed by atoms with van der Waals surface area (Å²) in [7, 11) is 0. The predicted octanol–water partition coefficient (Wildman–Crippen LogP) is 2.99. The minimum absolute atomic E-state index is 0.302. The Hall–Kier alpha value is -1.68. The lowest BCUT2D eigenvalue weighted by Gasteiger charge is -2.15. The summed E-state index contributed by atoms with van der Waals surface area (Å²) in [5.41, 5.74) is 3.82. The molecule has 0 aliphatic rings. The number of aliphatic hydroxyl groups is 1. The van der Waals surface area contributed by atoms with Gasteiger partial charge in [0.2, 0.25) is 0 Å². The first-order valence-corrected chi connectivity index (χ1v) is 5.91. The lowest BCUT2D eigenvalue weighted by Crippen LogP contribution is -2.05. The Kier molecular flexibility index (Phi) is 3.22. The van der Waals surface area contributed by atoms with Crippen molar-refractivity contribution in [1.29, 1.82) is 0 Å². The molecule has 1 heterocycles. The van der Waals surface area contributed by atoms with Crippen LogP contribution in [0.15, 0.2) is 18.5 Å². The molecule has 4 heteroatoms. The third-order valence-electron chi connectivity index (χ3n) is 3.27. The molecule has 96 valence electrons. The lowest BCUT2D eigenvalue weighted by molar-refractivity contribution is 0.198. The predicted molar refractivity (Wildman–Crippen MR) is 68.4 cm³/mol. The van der Waals surface area contributed by atoms with E-state index < -0.39 is 6.10 Å². The van der Waals surface area contributed by atoms with Crippen molar-refractivity contribution in [2.24, 2.45) is 0 Å². The average molecular weight is 248 g/mol. The lowest BCUT2D eigenvalue weighted by atomic mass is 10.0. The molecule has 0 unspecified atom stereocenters. The molecule has 0 amide bonds. The van der Waals surface area contributed by atoms with E-state index in [1.54, 1.807) is 26.2 Å². The van der Waals surface area contributed by atoms with E-state index in [1.807, 2.05) is 18.4 Å². The van der Waals surface area contributed by atoms with Gasteiger partial charge in [-0.05, 0) is 45.4 Å². The molecule has 3 nitrogen and oxygen atoms in total. The van der Waals surface area contributed by atoms with Crippen molar-refractivity contribution >= 4 is 0 Å². The van der Waals surface area contributed by atoms with E-state index in [9.17, 15) is 9.50 Å². The van der Waals surface area contributed by atoms with Gasteiger partial charge in [-0.2, -0.15) is 0 Å². The van der Waals surface area contributed by atoms with E-state index >= 15 is 0 Å². The molecule has 0 radical (unpaired) electrons. The van der Waals surface area contributed by atoms with Crippen LogP contribution in [0.3, 0.4) is 0 Å². The number of nitrogens with zero attached hydrogens (tertiary/aromatic N) is 2. The zero-order valence-electron chi connectivity index (χ0n) is 11.0. The molecule has 0 saturated heterocycles. The molecule has 1 aromatic carbocycles. The normalized spacial score (nSPS) is 12.8. The van der Waals surface area contributed by atoms with Crippen molar-refractivity contribution in [1.82, 2.24) is 9.55 Å².